The van der Waals surface area contributed by atoms with E-state index in [1.807, 2.05) is 37.3 Å². The van der Waals surface area contributed by atoms with Gasteiger partial charge in [0.15, 0.2) is 0 Å². The predicted molar refractivity (Wildman–Crippen MR) is 98.8 cm³/mol. The monoisotopic (exact) mass is 331 g/mol. The van der Waals surface area contributed by atoms with Gasteiger partial charge in [0, 0.05) is 30.7 Å². The Morgan fingerprint density at radius 3 is 2.36 bits per heavy atom. The van der Waals surface area contributed by atoms with Crippen molar-refractivity contribution in [1.82, 2.24) is 15.3 Å². The number of rotatable bonds is 6. The molecule has 2 heterocycles. The molecular weight excluding hydrogens is 310 g/mol. The first-order valence-electron chi connectivity index (χ1n) is 8.42. The highest BCUT2D eigenvalue weighted by molar-refractivity contribution is 5.76. The molecule has 0 aliphatic heterocycles. The number of pyridine rings is 2. The van der Waals surface area contributed by atoms with Crippen molar-refractivity contribution in [1.29, 1.82) is 0 Å². The highest BCUT2D eigenvalue weighted by Crippen LogP contribution is 2.21. The number of benzene rings is 1. The van der Waals surface area contributed by atoms with Crippen molar-refractivity contribution in [3.05, 3.63) is 84.4 Å². The molecule has 4 heteroatoms. The zero-order valence-electron chi connectivity index (χ0n) is 14.2. The normalized spacial score (nSPS) is 11.7. The summed E-state index contributed by atoms with van der Waals surface area (Å²) in [5, 5.41) is 3.05. The zero-order chi connectivity index (χ0) is 17.5. The maximum absolute atomic E-state index is 12.1. The van der Waals surface area contributed by atoms with Crippen LogP contribution < -0.4 is 5.32 Å². The van der Waals surface area contributed by atoms with Crippen molar-refractivity contribution in [3.8, 4) is 11.1 Å². The molecule has 0 bridgehead atoms. The Bertz CT molecular complexity index is 802. The van der Waals surface area contributed by atoms with E-state index < -0.39 is 0 Å². The number of amides is 1. The summed E-state index contributed by atoms with van der Waals surface area (Å²) >= 11 is 0. The van der Waals surface area contributed by atoms with Crippen LogP contribution >= 0.6 is 0 Å². The lowest BCUT2D eigenvalue weighted by Crippen LogP contribution is -2.26. The van der Waals surface area contributed by atoms with E-state index in [9.17, 15) is 4.79 Å². The van der Waals surface area contributed by atoms with Gasteiger partial charge in [-0.1, -0.05) is 30.3 Å². The van der Waals surface area contributed by atoms with Crippen molar-refractivity contribution < 1.29 is 4.79 Å². The molecule has 0 spiro atoms. The number of nitrogens with zero attached hydrogens (tertiary/aromatic N) is 2. The molecule has 1 aromatic carbocycles. The van der Waals surface area contributed by atoms with E-state index in [1.165, 1.54) is 0 Å². The van der Waals surface area contributed by atoms with Gasteiger partial charge in [0.1, 0.15) is 0 Å². The van der Waals surface area contributed by atoms with Gasteiger partial charge < -0.3 is 5.32 Å². The Hall–Kier alpha value is -3.01. The quantitative estimate of drug-likeness (QED) is 0.744. The van der Waals surface area contributed by atoms with Crippen LogP contribution in [0.15, 0.2) is 73.2 Å². The van der Waals surface area contributed by atoms with Crippen LogP contribution in [0.1, 0.15) is 30.6 Å². The van der Waals surface area contributed by atoms with Gasteiger partial charge in [0.2, 0.25) is 5.91 Å². The van der Waals surface area contributed by atoms with Gasteiger partial charge in [-0.25, -0.2) is 0 Å². The Balaban J connectivity index is 1.55. The topological polar surface area (TPSA) is 54.9 Å². The minimum Gasteiger partial charge on any atom is -0.350 e. The third-order valence-corrected chi connectivity index (χ3v) is 4.14. The second kappa shape index (κ2) is 8.20. The Labute approximate surface area is 148 Å². The average Bonchev–Trinajstić information content (AvgIpc) is 2.68. The van der Waals surface area contributed by atoms with Crippen LogP contribution in [0.5, 0.6) is 0 Å². The predicted octanol–water partition coefficient (Wildman–Crippen LogP) is 3.95. The van der Waals surface area contributed by atoms with Gasteiger partial charge in [-0.3, -0.25) is 14.8 Å². The molecule has 3 rings (SSSR count). The molecular formula is C21H21N3O. The smallest absolute Gasteiger partial charge is 0.220 e. The lowest BCUT2D eigenvalue weighted by Gasteiger charge is -2.15. The molecule has 1 amide bonds. The summed E-state index contributed by atoms with van der Waals surface area (Å²) in [4.78, 5) is 20.4. The fraction of sp³-hybridized carbons (Fsp3) is 0.190. The SMILES string of the molecule is CC(NC(=O)CCc1ccccn1)c1ccc(-c2ccncc2)cc1. The van der Waals surface area contributed by atoms with E-state index in [2.05, 4.69) is 39.6 Å². The molecule has 1 unspecified atom stereocenters. The highest BCUT2D eigenvalue weighted by Gasteiger charge is 2.10. The van der Waals surface area contributed by atoms with Gasteiger partial charge in [-0.15, -0.1) is 0 Å². The van der Waals surface area contributed by atoms with Crippen LogP contribution in [0.25, 0.3) is 11.1 Å². The van der Waals surface area contributed by atoms with Crippen LogP contribution in [-0.2, 0) is 11.2 Å². The standard InChI is InChI=1S/C21H21N3O/c1-16(24-21(25)10-9-20-4-2-3-13-23-20)17-5-7-18(8-6-17)19-11-14-22-15-12-19/h2-8,11-16H,9-10H2,1H3,(H,24,25). The maximum atomic E-state index is 12.1. The van der Waals surface area contributed by atoms with E-state index in [1.54, 1.807) is 18.6 Å². The Morgan fingerprint density at radius 2 is 1.68 bits per heavy atom. The third kappa shape index (κ3) is 4.73. The number of hydrogen-bond donors (Lipinski definition) is 1. The van der Waals surface area contributed by atoms with E-state index in [4.69, 9.17) is 0 Å². The van der Waals surface area contributed by atoms with Crippen molar-refractivity contribution in [3.63, 3.8) is 0 Å². The van der Waals surface area contributed by atoms with Crippen LogP contribution in [0.2, 0.25) is 0 Å². The van der Waals surface area contributed by atoms with Crippen molar-refractivity contribution in [2.45, 2.75) is 25.8 Å². The number of aromatic nitrogens is 2. The lowest BCUT2D eigenvalue weighted by atomic mass is 10.0. The van der Waals surface area contributed by atoms with Gasteiger partial charge >= 0.3 is 0 Å². The first-order chi connectivity index (χ1) is 12.2. The fourth-order valence-electron chi connectivity index (χ4n) is 2.69. The largest absolute Gasteiger partial charge is 0.350 e. The molecule has 1 atom stereocenters. The van der Waals surface area contributed by atoms with Gasteiger partial charge in [0.05, 0.1) is 6.04 Å². The minimum atomic E-state index is -0.0253. The molecule has 0 aliphatic carbocycles. The van der Waals surface area contributed by atoms with Crippen LogP contribution in [-0.4, -0.2) is 15.9 Å². The summed E-state index contributed by atoms with van der Waals surface area (Å²) in [5.41, 5.74) is 4.30. The highest BCUT2D eigenvalue weighted by atomic mass is 16.1. The molecule has 3 aromatic rings. The van der Waals surface area contributed by atoms with Crippen molar-refractivity contribution in [2.24, 2.45) is 0 Å². The van der Waals surface area contributed by atoms with E-state index >= 15 is 0 Å². The van der Waals surface area contributed by atoms with Crippen LogP contribution in [0, 0.1) is 0 Å². The summed E-state index contributed by atoms with van der Waals surface area (Å²) < 4.78 is 0. The molecule has 0 saturated heterocycles. The summed E-state index contributed by atoms with van der Waals surface area (Å²) in [5.74, 6) is 0.0383. The molecule has 1 N–H and O–H groups in total. The number of hydrogen-bond acceptors (Lipinski definition) is 3. The average molecular weight is 331 g/mol. The van der Waals surface area contributed by atoms with Gasteiger partial charge in [-0.2, -0.15) is 0 Å². The second-order valence-electron chi connectivity index (χ2n) is 5.97. The second-order valence-corrected chi connectivity index (χ2v) is 5.97. The maximum Gasteiger partial charge on any atom is 0.220 e. The molecule has 0 radical (unpaired) electrons. The van der Waals surface area contributed by atoms with Crippen molar-refractivity contribution in [2.75, 3.05) is 0 Å². The molecule has 4 nitrogen and oxygen atoms in total. The first-order valence-corrected chi connectivity index (χ1v) is 8.42. The summed E-state index contributed by atoms with van der Waals surface area (Å²) in [7, 11) is 0. The van der Waals surface area contributed by atoms with E-state index in [0.717, 1.165) is 22.4 Å². The summed E-state index contributed by atoms with van der Waals surface area (Å²) in [6.07, 6.45) is 6.42. The molecule has 0 saturated carbocycles. The Morgan fingerprint density at radius 1 is 0.960 bits per heavy atom. The molecule has 0 fully saturated rings. The molecule has 0 aliphatic rings. The van der Waals surface area contributed by atoms with Gasteiger partial charge in [-0.05, 0) is 54.3 Å². The molecule has 126 valence electrons. The third-order valence-electron chi connectivity index (χ3n) is 4.14. The fourth-order valence-corrected chi connectivity index (χ4v) is 2.69. The number of carbonyl (C=O) groups excluding carboxylic acids is 1. The first kappa shape index (κ1) is 16.8. The number of aryl methyl sites for hydroxylation is 1. The van der Waals surface area contributed by atoms with Crippen LogP contribution in [0.4, 0.5) is 0 Å². The summed E-state index contributed by atoms with van der Waals surface area (Å²) in [6.45, 7) is 2.00. The Kier molecular flexibility index (Phi) is 5.52. The van der Waals surface area contributed by atoms with Crippen LogP contribution in [0.3, 0.4) is 0 Å². The van der Waals surface area contributed by atoms with E-state index in [0.29, 0.717) is 12.8 Å². The van der Waals surface area contributed by atoms with E-state index in [-0.39, 0.29) is 11.9 Å². The number of carbonyl (C=O) groups is 1. The molecule has 25 heavy (non-hydrogen) atoms. The lowest BCUT2D eigenvalue weighted by molar-refractivity contribution is -0.121. The van der Waals surface area contributed by atoms with Gasteiger partial charge in [0.25, 0.3) is 0 Å². The minimum absolute atomic E-state index is 0.0253. The number of nitrogens with one attached hydrogen (secondary N) is 1. The van der Waals surface area contributed by atoms with Crippen molar-refractivity contribution >= 4 is 5.91 Å². The molecule has 2 aromatic heterocycles. The summed E-state index contributed by atoms with van der Waals surface area (Å²) in [6, 6.07) is 17.9. The zero-order valence-corrected chi connectivity index (χ0v) is 14.2.